The van der Waals surface area contributed by atoms with E-state index in [0.29, 0.717) is 18.9 Å². The van der Waals surface area contributed by atoms with Gasteiger partial charge < -0.3 is 9.80 Å². The zero-order valence-electron chi connectivity index (χ0n) is 14.3. The van der Waals surface area contributed by atoms with E-state index in [2.05, 4.69) is 26.9 Å². The molecule has 1 aliphatic heterocycles. The van der Waals surface area contributed by atoms with Gasteiger partial charge >= 0.3 is 0 Å². The van der Waals surface area contributed by atoms with Crippen LogP contribution in [-0.2, 0) is 6.42 Å². The van der Waals surface area contributed by atoms with Crippen LogP contribution >= 0.6 is 11.3 Å². The summed E-state index contributed by atoms with van der Waals surface area (Å²) in [5.41, 5.74) is 2.19. The van der Waals surface area contributed by atoms with Crippen molar-refractivity contribution in [2.24, 2.45) is 0 Å². The molecule has 0 bridgehead atoms. The fourth-order valence-electron chi connectivity index (χ4n) is 3.38. The maximum atomic E-state index is 12.5. The number of hydrogen-bond donors (Lipinski definition) is 0. The van der Waals surface area contributed by atoms with Gasteiger partial charge in [-0.05, 0) is 24.8 Å². The SMILES string of the molecule is CCc1c(C)nc2ncnn2c1N1CCN(C(=O)c2cccs2)CC1. The van der Waals surface area contributed by atoms with Crippen molar-refractivity contribution in [3.8, 4) is 0 Å². The lowest BCUT2D eigenvalue weighted by atomic mass is 10.1. The van der Waals surface area contributed by atoms with Crippen LogP contribution in [0.4, 0.5) is 5.82 Å². The number of aryl methyl sites for hydroxylation is 1. The number of aromatic nitrogens is 4. The molecular weight excluding hydrogens is 336 g/mol. The number of hydrogen-bond acceptors (Lipinski definition) is 6. The molecule has 1 amide bonds. The monoisotopic (exact) mass is 356 g/mol. The minimum Gasteiger partial charge on any atom is -0.353 e. The quantitative estimate of drug-likeness (QED) is 0.718. The van der Waals surface area contributed by atoms with Gasteiger partial charge in [0.25, 0.3) is 11.7 Å². The van der Waals surface area contributed by atoms with Crippen LogP contribution < -0.4 is 4.90 Å². The van der Waals surface area contributed by atoms with Crippen molar-refractivity contribution in [2.75, 3.05) is 31.1 Å². The van der Waals surface area contributed by atoms with Crippen LogP contribution in [0.1, 0.15) is 27.9 Å². The molecule has 0 aromatic carbocycles. The highest BCUT2D eigenvalue weighted by molar-refractivity contribution is 7.12. The number of rotatable bonds is 3. The number of piperazine rings is 1. The lowest BCUT2D eigenvalue weighted by molar-refractivity contribution is 0.0751. The topological polar surface area (TPSA) is 66.6 Å². The van der Waals surface area contributed by atoms with Gasteiger partial charge in [0.05, 0.1) is 4.88 Å². The summed E-state index contributed by atoms with van der Waals surface area (Å²) in [5.74, 6) is 1.81. The first kappa shape index (κ1) is 16.0. The van der Waals surface area contributed by atoms with Gasteiger partial charge in [-0.15, -0.1) is 11.3 Å². The first-order chi connectivity index (χ1) is 12.2. The summed E-state index contributed by atoms with van der Waals surface area (Å²) < 4.78 is 1.82. The molecule has 4 rings (SSSR count). The number of fused-ring (bicyclic) bond motifs is 1. The summed E-state index contributed by atoms with van der Waals surface area (Å²) in [4.78, 5) is 26.3. The zero-order valence-corrected chi connectivity index (χ0v) is 15.2. The van der Waals surface area contributed by atoms with E-state index in [1.54, 1.807) is 6.33 Å². The summed E-state index contributed by atoms with van der Waals surface area (Å²) >= 11 is 1.50. The molecule has 0 spiro atoms. The number of carbonyl (C=O) groups is 1. The van der Waals surface area contributed by atoms with E-state index >= 15 is 0 Å². The van der Waals surface area contributed by atoms with Gasteiger partial charge in [-0.25, -0.2) is 4.98 Å². The van der Waals surface area contributed by atoms with Crippen LogP contribution in [-0.4, -0.2) is 56.6 Å². The number of nitrogens with zero attached hydrogens (tertiary/aromatic N) is 6. The van der Waals surface area contributed by atoms with E-state index in [4.69, 9.17) is 0 Å². The Morgan fingerprint density at radius 3 is 2.76 bits per heavy atom. The first-order valence-corrected chi connectivity index (χ1v) is 9.34. The molecule has 1 aliphatic rings. The molecule has 25 heavy (non-hydrogen) atoms. The summed E-state index contributed by atoms with van der Waals surface area (Å²) in [7, 11) is 0. The molecule has 4 heterocycles. The molecule has 3 aromatic rings. The highest BCUT2D eigenvalue weighted by Gasteiger charge is 2.26. The molecule has 0 atom stereocenters. The Hall–Kier alpha value is -2.48. The Balaban J connectivity index is 1.60. The van der Waals surface area contributed by atoms with Gasteiger partial charge in [0.15, 0.2) is 0 Å². The molecule has 0 saturated carbocycles. The van der Waals surface area contributed by atoms with E-state index in [1.165, 1.54) is 16.9 Å². The normalized spacial score (nSPS) is 15.1. The van der Waals surface area contributed by atoms with Crippen LogP contribution in [0, 0.1) is 6.92 Å². The smallest absolute Gasteiger partial charge is 0.264 e. The van der Waals surface area contributed by atoms with Crippen molar-refractivity contribution >= 4 is 28.8 Å². The Morgan fingerprint density at radius 2 is 2.08 bits per heavy atom. The third-order valence-corrected chi connectivity index (χ3v) is 5.51. The second-order valence-corrected chi connectivity index (χ2v) is 7.03. The van der Waals surface area contributed by atoms with Crippen molar-refractivity contribution in [3.63, 3.8) is 0 Å². The zero-order chi connectivity index (χ0) is 17.4. The largest absolute Gasteiger partial charge is 0.353 e. The van der Waals surface area contributed by atoms with Crippen molar-refractivity contribution in [3.05, 3.63) is 40.0 Å². The molecule has 8 heteroatoms. The minimum atomic E-state index is 0.127. The molecule has 0 unspecified atom stereocenters. The number of amides is 1. The molecule has 1 fully saturated rings. The molecule has 0 radical (unpaired) electrons. The molecule has 7 nitrogen and oxygen atoms in total. The summed E-state index contributed by atoms with van der Waals surface area (Å²) in [6.45, 7) is 7.13. The number of anilines is 1. The van der Waals surface area contributed by atoms with Crippen LogP contribution in [0.25, 0.3) is 5.78 Å². The third-order valence-electron chi connectivity index (χ3n) is 4.66. The molecule has 0 N–H and O–H groups in total. The van der Waals surface area contributed by atoms with E-state index in [1.807, 2.05) is 33.9 Å². The standard InChI is InChI=1S/C17H20N6OS/c1-3-13-12(2)20-17-18-11-19-23(17)15(13)21-6-8-22(9-7-21)16(24)14-5-4-10-25-14/h4-5,10-11H,3,6-9H2,1-2H3. The maximum absolute atomic E-state index is 12.5. The van der Waals surface area contributed by atoms with E-state index in [-0.39, 0.29) is 5.91 Å². The fraction of sp³-hybridized carbons (Fsp3) is 0.412. The Kier molecular flexibility index (Phi) is 4.12. The Bertz CT molecular complexity index is 895. The highest BCUT2D eigenvalue weighted by atomic mass is 32.1. The van der Waals surface area contributed by atoms with Crippen LogP contribution in [0.15, 0.2) is 23.8 Å². The predicted octanol–water partition coefficient (Wildman–Crippen LogP) is 2.02. The number of thiophene rings is 1. The highest BCUT2D eigenvalue weighted by Crippen LogP contribution is 2.25. The molecule has 130 valence electrons. The second-order valence-electron chi connectivity index (χ2n) is 6.08. The molecule has 1 saturated heterocycles. The average molecular weight is 356 g/mol. The van der Waals surface area contributed by atoms with Gasteiger partial charge in [0.2, 0.25) is 0 Å². The Labute approximate surface area is 149 Å². The summed E-state index contributed by atoms with van der Waals surface area (Å²) in [6, 6.07) is 3.81. The summed E-state index contributed by atoms with van der Waals surface area (Å²) in [5, 5.41) is 6.30. The van der Waals surface area contributed by atoms with Crippen LogP contribution in [0.2, 0.25) is 0 Å². The van der Waals surface area contributed by atoms with Crippen molar-refractivity contribution < 1.29 is 4.79 Å². The minimum absolute atomic E-state index is 0.127. The maximum Gasteiger partial charge on any atom is 0.264 e. The predicted molar refractivity (Wildman–Crippen MR) is 97.3 cm³/mol. The van der Waals surface area contributed by atoms with Crippen LogP contribution in [0.5, 0.6) is 0 Å². The van der Waals surface area contributed by atoms with Crippen molar-refractivity contribution in [1.29, 1.82) is 0 Å². The van der Waals surface area contributed by atoms with E-state index < -0.39 is 0 Å². The first-order valence-electron chi connectivity index (χ1n) is 8.46. The molecular formula is C17H20N6OS. The second kappa shape index (κ2) is 6.44. The molecule has 3 aromatic heterocycles. The van der Waals surface area contributed by atoms with Gasteiger partial charge in [-0.1, -0.05) is 13.0 Å². The van der Waals surface area contributed by atoms with E-state index in [9.17, 15) is 4.79 Å². The lowest BCUT2D eigenvalue weighted by Gasteiger charge is -2.36. The van der Waals surface area contributed by atoms with Crippen LogP contribution in [0.3, 0.4) is 0 Å². The van der Waals surface area contributed by atoms with Gasteiger partial charge in [0.1, 0.15) is 12.1 Å². The summed E-state index contributed by atoms with van der Waals surface area (Å²) in [6.07, 6.45) is 2.43. The third kappa shape index (κ3) is 2.76. The Morgan fingerprint density at radius 1 is 1.28 bits per heavy atom. The van der Waals surface area contributed by atoms with Crippen molar-refractivity contribution in [2.45, 2.75) is 20.3 Å². The van der Waals surface area contributed by atoms with Gasteiger partial charge in [-0.3, -0.25) is 4.79 Å². The fourth-order valence-corrected chi connectivity index (χ4v) is 4.08. The van der Waals surface area contributed by atoms with Gasteiger partial charge in [0, 0.05) is 37.4 Å². The molecule has 0 aliphatic carbocycles. The van der Waals surface area contributed by atoms with E-state index in [0.717, 1.165) is 35.9 Å². The number of carbonyl (C=O) groups excluding carboxylic acids is 1. The van der Waals surface area contributed by atoms with Crippen molar-refractivity contribution in [1.82, 2.24) is 24.5 Å². The average Bonchev–Trinajstić information content (AvgIpc) is 3.31. The van der Waals surface area contributed by atoms with Gasteiger partial charge in [-0.2, -0.15) is 14.6 Å². The lowest BCUT2D eigenvalue weighted by Crippen LogP contribution is -2.49.